The predicted molar refractivity (Wildman–Crippen MR) is 181 cm³/mol. The molecule has 0 radical (unpaired) electrons. The van der Waals surface area contributed by atoms with Crippen molar-refractivity contribution in [3.63, 3.8) is 0 Å². The third kappa shape index (κ3) is 9.99. The summed E-state index contributed by atoms with van der Waals surface area (Å²) in [6.45, 7) is 9.03. The van der Waals surface area contributed by atoms with Crippen LogP contribution >= 0.6 is 0 Å². The first-order valence-corrected chi connectivity index (χ1v) is 16.9. The lowest BCUT2D eigenvalue weighted by Crippen LogP contribution is -2.07. The van der Waals surface area contributed by atoms with Crippen molar-refractivity contribution in [3.05, 3.63) is 102 Å². The summed E-state index contributed by atoms with van der Waals surface area (Å²) in [4.78, 5) is 17.8. The number of carbonyl (C=O) groups is 1. The minimum atomic E-state index is -1.19. The van der Waals surface area contributed by atoms with E-state index in [1.165, 1.54) is 0 Å². The number of aromatic nitrogens is 2. The van der Waals surface area contributed by atoms with E-state index < -0.39 is 10.8 Å². The molecule has 4 aromatic rings. The molecule has 0 bridgehead atoms. The fourth-order valence-electron chi connectivity index (χ4n) is 4.98. The molecule has 45 heavy (non-hydrogen) atoms. The first-order chi connectivity index (χ1) is 21.9. The van der Waals surface area contributed by atoms with Gasteiger partial charge in [-0.15, -0.1) is 0 Å². The van der Waals surface area contributed by atoms with Gasteiger partial charge in [0.2, 0.25) is 0 Å². The van der Waals surface area contributed by atoms with Crippen molar-refractivity contribution in [2.24, 2.45) is 0 Å². The number of imidazole rings is 1. The SMILES string of the molecule is CCCCOCCOc1ccc(-c2ccc(OC)c(/C=C/C(=O)Cc3ccc([S@@](=O)Cc4cncn4CCC)cc3)c2)c(C)c1. The molecule has 7 nitrogen and oxygen atoms in total. The van der Waals surface area contributed by atoms with Gasteiger partial charge in [-0.1, -0.05) is 44.5 Å². The van der Waals surface area contributed by atoms with Crippen molar-refractivity contribution in [2.75, 3.05) is 26.9 Å². The molecular formula is C37H44N2O5S. The maximum atomic E-state index is 12.9. The van der Waals surface area contributed by atoms with E-state index in [4.69, 9.17) is 14.2 Å². The van der Waals surface area contributed by atoms with Crippen molar-refractivity contribution in [2.45, 2.75) is 63.6 Å². The van der Waals surface area contributed by atoms with E-state index >= 15 is 0 Å². The van der Waals surface area contributed by atoms with Gasteiger partial charge in [0.05, 0.1) is 42.3 Å². The van der Waals surface area contributed by atoms with Gasteiger partial charge in [-0.25, -0.2) is 4.98 Å². The highest BCUT2D eigenvalue weighted by atomic mass is 32.2. The van der Waals surface area contributed by atoms with E-state index in [1.54, 1.807) is 31.8 Å². The smallest absolute Gasteiger partial charge is 0.160 e. The normalized spacial score (nSPS) is 12.0. The minimum absolute atomic E-state index is 0.0313. The summed E-state index contributed by atoms with van der Waals surface area (Å²) in [5.41, 5.74) is 5.84. The molecule has 0 saturated carbocycles. The quantitative estimate of drug-likeness (QED) is 0.0834. The summed E-state index contributed by atoms with van der Waals surface area (Å²) >= 11 is 0. The van der Waals surface area contributed by atoms with Crippen LogP contribution in [0.5, 0.6) is 11.5 Å². The fourth-order valence-corrected chi connectivity index (χ4v) is 6.09. The van der Waals surface area contributed by atoms with E-state index in [1.807, 2.05) is 59.2 Å². The van der Waals surface area contributed by atoms with Gasteiger partial charge in [-0.2, -0.15) is 0 Å². The molecule has 0 aliphatic rings. The Hall–Kier alpha value is -4.01. The Morgan fingerprint density at radius 2 is 1.80 bits per heavy atom. The van der Waals surface area contributed by atoms with E-state index in [-0.39, 0.29) is 12.2 Å². The van der Waals surface area contributed by atoms with Crippen LogP contribution in [-0.4, -0.2) is 46.5 Å². The number of nitrogens with zero attached hydrogens (tertiary/aromatic N) is 2. The molecule has 4 rings (SSSR count). The lowest BCUT2D eigenvalue weighted by atomic mass is 9.97. The van der Waals surface area contributed by atoms with Gasteiger partial charge in [0.25, 0.3) is 0 Å². The first-order valence-electron chi connectivity index (χ1n) is 15.6. The predicted octanol–water partition coefficient (Wildman–Crippen LogP) is 7.61. The number of rotatable bonds is 18. The van der Waals surface area contributed by atoms with Crippen LogP contribution in [0.4, 0.5) is 0 Å². The third-order valence-electron chi connectivity index (χ3n) is 7.43. The van der Waals surface area contributed by atoms with Crippen LogP contribution in [0, 0.1) is 6.92 Å². The van der Waals surface area contributed by atoms with Crippen LogP contribution in [-0.2, 0) is 39.0 Å². The second-order valence-corrected chi connectivity index (χ2v) is 12.4. The van der Waals surface area contributed by atoms with Gasteiger partial charge < -0.3 is 18.8 Å². The minimum Gasteiger partial charge on any atom is -0.496 e. The highest BCUT2D eigenvalue weighted by Gasteiger charge is 2.11. The highest BCUT2D eigenvalue weighted by Crippen LogP contribution is 2.31. The van der Waals surface area contributed by atoms with Gasteiger partial charge in [0.1, 0.15) is 18.1 Å². The Morgan fingerprint density at radius 3 is 2.53 bits per heavy atom. The van der Waals surface area contributed by atoms with E-state index in [0.29, 0.717) is 24.7 Å². The molecule has 0 aliphatic heterocycles. The molecular weight excluding hydrogens is 584 g/mol. The molecule has 1 aromatic heterocycles. The summed E-state index contributed by atoms with van der Waals surface area (Å²) < 4.78 is 32.0. The first kappa shape index (κ1) is 33.9. The van der Waals surface area contributed by atoms with E-state index in [9.17, 15) is 9.00 Å². The number of ether oxygens (including phenoxy) is 3. The molecule has 0 fully saturated rings. The van der Waals surface area contributed by atoms with Crippen LogP contribution in [0.25, 0.3) is 17.2 Å². The van der Waals surface area contributed by atoms with Crippen molar-refractivity contribution in [1.29, 1.82) is 0 Å². The Balaban J connectivity index is 1.36. The molecule has 238 valence electrons. The number of ketones is 1. The fraction of sp³-hybridized carbons (Fsp3) is 0.351. The second kappa shape index (κ2) is 17.5. The lowest BCUT2D eigenvalue weighted by molar-refractivity contribution is -0.113. The van der Waals surface area contributed by atoms with Crippen LogP contribution in [0.2, 0.25) is 0 Å². The molecule has 0 amide bonds. The number of aryl methyl sites for hydroxylation is 2. The highest BCUT2D eigenvalue weighted by molar-refractivity contribution is 7.84. The lowest BCUT2D eigenvalue weighted by Gasteiger charge is -2.13. The van der Waals surface area contributed by atoms with Crippen LogP contribution in [0.3, 0.4) is 0 Å². The Morgan fingerprint density at radius 1 is 0.978 bits per heavy atom. The molecule has 0 N–H and O–H groups in total. The monoisotopic (exact) mass is 628 g/mol. The molecule has 1 atom stereocenters. The maximum absolute atomic E-state index is 12.9. The molecule has 3 aromatic carbocycles. The zero-order chi connectivity index (χ0) is 32.0. The molecule has 0 unspecified atom stereocenters. The second-order valence-electron chi connectivity index (χ2n) is 10.9. The zero-order valence-corrected chi connectivity index (χ0v) is 27.6. The average Bonchev–Trinajstić information content (AvgIpc) is 3.48. The summed E-state index contributed by atoms with van der Waals surface area (Å²) in [5.74, 6) is 1.88. The summed E-state index contributed by atoms with van der Waals surface area (Å²) in [7, 11) is 0.435. The third-order valence-corrected chi connectivity index (χ3v) is 8.79. The summed E-state index contributed by atoms with van der Waals surface area (Å²) in [5, 5.41) is 0. The Bertz CT molecular complexity index is 1590. The van der Waals surface area contributed by atoms with Crippen molar-refractivity contribution < 1.29 is 23.2 Å². The summed E-state index contributed by atoms with van der Waals surface area (Å²) in [6.07, 6.45) is 10.4. The number of methoxy groups -OCH3 is 1. The van der Waals surface area contributed by atoms with Gasteiger partial charge in [-0.3, -0.25) is 9.00 Å². The Kier molecular flexibility index (Phi) is 13.2. The van der Waals surface area contributed by atoms with E-state index in [0.717, 1.165) is 76.6 Å². The van der Waals surface area contributed by atoms with Gasteiger partial charge in [0, 0.05) is 36.2 Å². The van der Waals surface area contributed by atoms with Gasteiger partial charge in [-0.05, 0) is 90.6 Å². The van der Waals surface area contributed by atoms with Gasteiger partial charge in [0.15, 0.2) is 5.78 Å². The largest absolute Gasteiger partial charge is 0.496 e. The zero-order valence-electron chi connectivity index (χ0n) is 26.8. The number of hydrogen-bond donors (Lipinski definition) is 0. The van der Waals surface area contributed by atoms with E-state index in [2.05, 4.69) is 31.8 Å². The van der Waals surface area contributed by atoms with Crippen molar-refractivity contribution in [3.8, 4) is 22.6 Å². The standard InChI is InChI=1S/C37H44N2O5S/c1-5-7-19-43-20-21-44-34-13-16-36(28(3)22-34)30-11-17-37(42-4)31(24-30)10-12-33(40)23-29-8-14-35(15-9-29)45(41)26-32-25-38-27-39(32)18-6-2/h8-17,22,24-25,27H,5-7,18-21,23,26H2,1-4H3/b12-10+/t45-/m0/s1. The number of allylic oxidation sites excluding steroid dienone is 1. The molecule has 8 heteroatoms. The van der Waals surface area contributed by atoms with Crippen molar-refractivity contribution >= 4 is 22.7 Å². The molecule has 0 spiro atoms. The van der Waals surface area contributed by atoms with Crippen LogP contribution in [0.1, 0.15) is 55.5 Å². The average molecular weight is 629 g/mol. The summed E-state index contributed by atoms with van der Waals surface area (Å²) in [6, 6.07) is 19.5. The topological polar surface area (TPSA) is 79.7 Å². The van der Waals surface area contributed by atoms with Gasteiger partial charge >= 0.3 is 0 Å². The van der Waals surface area contributed by atoms with Crippen LogP contribution in [0.15, 0.2) is 84.2 Å². The molecule has 0 aliphatic carbocycles. The molecule has 0 saturated heterocycles. The molecule has 1 heterocycles. The number of hydrogen-bond acceptors (Lipinski definition) is 6. The maximum Gasteiger partial charge on any atom is 0.160 e. The van der Waals surface area contributed by atoms with Crippen molar-refractivity contribution in [1.82, 2.24) is 9.55 Å². The van der Waals surface area contributed by atoms with Crippen LogP contribution < -0.4 is 9.47 Å². The number of carbonyl (C=O) groups excluding carboxylic acids is 1. The number of benzene rings is 3. The number of unbranched alkanes of at least 4 members (excludes halogenated alkanes) is 1. The Labute approximate surface area is 269 Å².